The maximum Gasteiger partial charge on any atom is 0.251 e. The van der Waals surface area contributed by atoms with Crippen LogP contribution in [0.2, 0.25) is 0 Å². The molecule has 0 aromatic heterocycles. The van der Waals surface area contributed by atoms with Gasteiger partial charge < -0.3 is 15.7 Å². The quantitative estimate of drug-likeness (QED) is 0.680. The van der Waals surface area contributed by atoms with E-state index in [0.717, 1.165) is 25.7 Å². The van der Waals surface area contributed by atoms with Crippen molar-refractivity contribution in [3.8, 4) is 5.75 Å². The van der Waals surface area contributed by atoms with Gasteiger partial charge in [-0.05, 0) is 61.6 Å². The highest BCUT2D eigenvalue weighted by molar-refractivity contribution is 5.94. The molecule has 5 heteroatoms. The molecule has 0 bridgehead atoms. The molecule has 3 N–H and O–H groups in total. The van der Waals surface area contributed by atoms with E-state index < -0.39 is 0 Å². The number of phenols is 1. The highest BCUT2D eigenvalue weighted by Gasteiger charge is 2.32. The highest BCUT2D eigenvalue weighted by atomic mass is 16.3. The lowest BCUT2D eigenvalue weighted by Crippen LogP contribution is -2.36. The van der Waals surface area contributed by atoms with Gasteiger partial charge in [0.2, 0.25) is 5.91 Å². The summed E-state index contributed by atoms with van der Waals surface area (Å²) in [5.74, 6) is 0.852. The number of nitrogens with one attached hydrogen (secondary N) is 2. The zero-order valence-corrected chi connectivity index (χ0v) is 16.2. The van der Waals surface area contributed by atoms with Crippen LogP contribution in [0.4, 0.5) is 0 Å². The summed E-state index contributed by atoms with van der Waals surface area (Å²) in [5, 5.41) is 15.2. The molecule has 0 spiro atoms. The Kier molecular flexibility index (Phi) is 7.06. The molecule has 144 valence electrons. The predicted octanol–water partition coefficient (Wildman–Crippen LogP) is 3.48. The van der Waals surface area contributed by atoms with Crippen LogP contribution in [-0.2, 0) is 4.79 Å². The standard InChI is InChI=1S/C21H32N2O3/c1-21(2,3)17-10-8-15(9-11-17)19(25)22-12-5-13-23-20(26)16-6-4-7-18(24)14-16/h4,6-7,14-15,17,24H,5,8-13H2,1-3H3,(H,22,25)(H,23,26). The third-order valence-corrected chi connectivity index (χ3v) is 5.37. The second-order valence-corrected chi connectivity index (χ2v) is 8.37. The summed E-state index contributed by atoms with van der Waals surface area (Å²) >= 11 is 0. The highest BCUT2D eigenvalue weighted by Crippen LogP contribution is 2.39. The number of carbonyl (C=O) groups excluding carboxylic acids is 2. The summed E-state index contributed by atoms with van der Waals surface area (Å²) < 4.78 is 0. The Morgan fingerprint density at radius 1 is 1.08 bits per heavy atom. The molecule has 0 unspecified atom stereocenters. The van der Waals surface area contributed by atoms with E-state index in [1.807, 2.05) is 0 Å². The Balaban J connectivity index is 1.61. The average molecular weight is 360 g/mol. The van der Waals surface area contributed by atoms with Crippen molar-refractivity contribution in [2.45, 2.75) is 52.9 Å². The molecule has 0 aliphatic heterocycles. The van der Waals surface area contributed by atoms with Crippen LogP contribution < -0.4 is 10.6 Å². The fourth-order valence-corrected chi connectivity index (χ4v) is 3.62. The molecule has 1 aliphatic carbocycles. The molecule has 26 heavy (non-hydrogen) atoms. The van der Waals surface area contributed by atoms with Crippen molar-refractivity contribution in [2.24, 2.45) is 17.3 Å². The zero-order chi connectivity index (χ0) is 19.2. The van der Waals surface area contributed by atoms with Gasteiger partial charge in [-0.2, -0.15) is 0 Å². The molecular formula is C21H32N2O3. The Hall–Kier alpha value is -2.04. The number of aromatic hydroxyl groups is 1. The normalized spacial score (nSPS) is 20.4. The van der Waals surface area contributed by atoms with Gasteiger partial charge in [0, 0.05) is 24.6 Å². The molecule has 1 aromatic rings. The summed E-state index contributed by atoms with van der Waals surface area (Å²) in [6.07, 6.45) is 4.89. The first-order valence-electron chi connectivity index (χ1n) is 9.62. The van der Waals surface area contributed by atoms with Crippen LogP contribution >= 0.6 is 0 Å². The van der Waals surface area contributed by atoms with Crippen LogP contribution in [0, 0.1) is 17.3 Å². The van der Waals surface area contributed by atoms with E-state index in [2.05, 4.69) is 31.4 Å². The third-order valence-electron chi connectivity index (χ3n) is 5.37. The Labute approximate surface area is 156 Å². The van der Waals surface area contributed by atoms with Crippen LogP contribution in [0.3, 0.4) is 0 Å². The van der Waals surface area contributed by atoms with Crippen molar-refractivity contribution in [3.63, 3.8) is 0 Å². The maximum atomic E-state index is 12.3. The minimum Gasteiger partial charge on any atom is -0.508 e. The largest absolute Gasteiger partial charge is 0.508 e. The van der Waals surface area contributed by atoms with Crippen LogP contribution in [-0.4, -0.2) is 30.0 Å². The first-order valence-corrected chi connectivity index (χ1v) is 9.62. The number of phenolic OH excluding ortho intramolecular Hbond substituents is 1. The van der Waals surface area contributed by atoms with E-state index in [1.165, 1.54) is 12.1 Å². The minimum absolute atomic E-state index is 0.0751. The lowest BCUT2D eigenvalue weighted by Gasteiger charge is -2.36. The molecule has 1 aromatic carbocycles. The van der Waals surface area contributed by atoms with Gasteiger partial charge in [-0.3, -0.25) is 9.59 Å². The van der Waals surface area contributed by atoms with Gasteiger partial charge >= 0.3 is 0 Å². The first kappa shape index (κ1) is 20.3. The fourth-order valence-electron chi connectivity index (χ4n) is 3.62. The molecule has 1 saturated carbocycles. The van der Waals surface area contributed by atoms with E-state index in [0.29, 0.717) is 36.4 Å². The molecule has 1 fully saturated rings. The Morgan fingerprint density at radius 3 is 2.35 bits per heavy atom. The average Bonchev–Trinajstić information content (AvgIpc) is 2.60. The molecular weight excluding hydrogens is 328 g/mol. The zero-order valence-electron chi connectivity index (χ0n) is 16.2. The number of hydrogen-bond acceptors (Lipinski definition) is 3. The maximum absolute atomic E-state index is 12.3. The van der Waals surface area contributed by atoms with Gasteiger partial charge in [0.1, 0.15) is 5.75 Å². The second kappa shape index (κ2) is 9.06. The molecule has 5 nitrogen and oxygen atoms in total. The number of carbonyl (C=O) groups is 2. The van der Waals surface area contributed by atoms with Crippen LogP contribution in [0.1, 0.15) is 63.2 Å². The molecule has 0 saturated heterocycles. The number of rotatable bonds is 6. The van der Waals surface area contributed by atoms with Crippen molar-refractivity contribution in [1.29, 1.82) is 0 Å². The number of benzene rings is 1. The third kappa shape index (κ3) is 6.04. The van der Waals surface area contributed by atoms with E-state index >= 15 is 0 Å². The molecule has 2 amide bonds. The van der Waals surface area contributed by atoms with Crippen LogP contribution in [0.15, 0.2) is 24.3 Å². The van der Waals surface area contributed by atoms with Gasteiger partial charge in [0.15, 0.2) is 0 Å². The topological polar surface area (TPSA) is 78.4 Å². The summed E-state index contributed by atoms with van der Waals surface area (Å²) in [7, 11) is 0. The summed E-state index contributed by atoms with van der Waals surface area (Å²) in [6, 6.07) is 6.26. The SMILES string of the molecule is CC(C)(C)C1CCC(C(=O)NCCCNC(=O)c2cccc(O)c2)CC1. The van der Waals surface area contributed by atoms with Gasteiger partial charge in [-0.25, -0.2) is 0 Å². The summed E-state index contributed by atoms with van der Waals surface area (Å²) in [5.41, 5.74) is 0.763. The van der Waals surface area contributed by atoms with Crippen LogP contribution in [0.25, 0.3) is 0 Å². The van der Waals surface area contributed by atoms with Gasteiger partial charge in [-0.1, -0.05) is 26.8 Å². The van der Waals surface area contributed by atoms with Gasteiger partial charge in [-0.15, -0.1) is 0 Å². The molecule has 0 atom stereocenters. The van der Waals surface area contributed by atoms with Gasteiger partial charge in [0.25, 0.3) is 5.91 Å². The molecule has 0 radical (unpaired) electrons. The van der Waals surface area contributed by atoms with Crippen molar-refractivity contribution >= 4 is 11.8 Å². The Bertz CT molecular complexity index is 614. The smallest absolute Gasteiger partial charge is 0.251 e. The first-order chi connectivity index (χ1) is 12.3. The lowest BCUT2D eigenvalue weighted by atomic mass is 9.69. The number of hydrogen-bond donors (Lipinski definition) is 3. The fraction of sp³-hybridized carbons (Fsp3) is 0.619. The van der Waals surface area contributed by atoms with E-state index in [1.54, 1.807) is 12.1 Å². The van der Waals surface area contributed by atoms with Crippen molar-refractivity contribution < 1.29 is 14.7 Å². The lowest BCUT2D eigenvalue weighted by molar-refractivity contribution is -0.126. The van der Waals surface area contributed by atoms with Gasteiger partial charge in [0.05, 0.1) is 0 Å². The van der Waals surface area contributed by atoms with E-state index in [4.69, 9.17) is 0 Å². The molecule has 1 aliphatic rings. The van der Waals surface area contributed by atoms with Crippen molar-refractivity contribution in [1.82, 2.24) is 10.6 Å². The second-order valence-electron chi connectivity index (χ2n) is 8.37. The van der Waals surface area contributed by atoms with Crippen molar-refractivity contribution in [2.75, 3.05) is 13.1 Å². The monoisotopic (exact) mass is 360 g/mol. The molecule has 0 heterocycles. The predicted molar refractivity (Wildman–Crippen MR) is 103 cm³/mol. The minimum atomic E-state index is -0.215. The Morgan fingerprint density at radius 2 is 1.73 bits per heavy atom. The van der Waals surface area contributed by atoms with Crippen molar-refractivity contribution in [3.05, 3.63) is 29.8 Å². The number of amides is 2. The summed E-state index contributed by atoms with van der Waals surface area (Å²) in [6.45, 7) is 7.90. The van der Waals surface area contributed by atoms with E-state index in [-0.39, 0.29) is 23.5 Å². The van der Waals surface area contributed by atoms with E-state index in [9.17, 15) is 14.7 Å². The summed E-state index contributed by atoms with van der Waals surface area (Å²) in [4.78, 5) is 24.2. The molecule has 2 rings (SSSR count). The van der Waals surface area contributed by atoms with Crippen LogP contribution in [0.5, 0.6) is 5.75 Å².